The van der Waals surface area contributed by atoms with Crippen molar-refractivity contribution in [1.82, 2.24) is 9.55 Å². The summed E-state index contributed by atoms with van der Waals surface area (Å²) in [5.74, 6) is 1.74. The molecule has 0 aliphatic carbocycles. The molecule has 3 nitrogen and oxygen atoms in total. The summed E-state index contributed by atoms with van der Waals surface area (Å²) in [6, 6.07) is 6.05. The Morgan fingerprint density at radius 3 is 2.60 bits per heavy atom. The average molecular weight is 295 g/mol. The summed E-state index contributed by atoms with van der Waals surface area (Å²) in [7, 11) is 0. The monoisotopic (exact) mass is 294 g/mol. The first-order chi connectivity index (χ1) is 9.33. The lowest BCUT2D eigenvalue weighted by Gasteiger charge is -2.21. The van der Waals surface area contributed by atoms with E-state index in [-0.39, 0.29) is 10.8 Å². The molecule has 2 rings (SSSR count). The highest BCUT2D eigenvalue weighted by Gasteiger charge is 2.21. The van der Waals surface area contributed by atoms with E-state index < -0.39 is 0 Å². The lowest BCUT2D eigenvalue weighted by molar-refractivity contribution is 0.342. The van der Waals surface area contributed by atoms with E-state index in [0.29, 0.717) is 6.61 Å². The van der Waals surface area contributed by atoms with Crippen molar-refractivity contribution in [3.05, 3.63) is 24.0 Å². The van der Waals surface area contributed by atoms with Gasteiger partial charge in [0.05, 0.1) is 17.5 Å². The van der Waals surface area contributed by atoms with Gasteiger partial charge < -0.3 is 9.30 Å². The Morgan fingerprint density at radius 1 is 1.35 bits per heavy atom. The van der Waals surface area contributed by atoms with Crippen LogP contribution < -0.4 is 4.74 Å². The average Bonchev–Trinajstić information content (AvgIpc) is 2.68. The molecule has 0 bridgehead atoms. The second kappa shape index (κ2) is 5.65. The van der Waals surface area contributed by atoms with Gasteiger partial charge in [-0.15, -0.1) is 11.6 Å². The highest BCUT2D eigenvalue weighted by molar-refractivity contribution is 6.20. The number of hydrogen-bond donors (Lipinski definition) is 0. The van der Waals surface area contributed by atoms with E-state index in [4.69, 9.17) is 21.3 Å². The summed E-state index contributed by atoms with van der Waals surface area (Å²) in [6.45, 7) is 12.1. The maximum Gasteiger partial charge on any atom is 0.147 e. The molecular formula is C16H23ClN2O. The molecule has 20 heavy (non-hydrogen) atoms. The zero-order chi connectivity index (χ0) is 14.9. The molecule has 1 aromatic carbocycles. The molecule has 0 saturated heterocycles. The highest BCUT2D eigenvalue weighted by Crippen LogP contribution is 2.32. The molecule has 0 N–H and O–H groups in total. The van der Waals surface area contributed by atoms with Gasteiger partial charge in [-0.2, -0.15) is 0 Å². The van der Waals surface area contributed by atoms with Crippen molar-refractivity contribution < 1.29 is 4.74 Å². The number of fused-ring (bicyclic) bond motifs is 1. The number of ether oxygens (including phenoxy) is 1. The second-order valence-electron chi connectivity index (χ2n) is 6.29. The van der Waals surface area contributed by atoms with Gasteiger partial charge in [-0.05, 0) is 31.4 Å². The lowest BCUT2D eigenvalue weighted by atomic mass is 9.96. The van der Waals surface area contributed by atoms with E-state index >= 15 is 0 Å². The summed E-state index contributed by atoms with van der Waals surface area (Å²) in [5, 5.41) is -0.126. The van der Waals surface area contributed by atoms with E-state index in [2.05, 4.69) is 31.4 Å². The van der Waals surface area contributed by atoms with Gasteiger partial charge >= 0.3 is 0 Å². The van der Waals surface area contributed by atoms with Crippen LogP contribution in [0.4, 0.5) is 0 Å². The molecule has 0 saturated carbocycles. The highest BCUT2D eigenvalue weighted by atomic mass is 35.5. The van der Waals surface area contributed by atoms with Gasteiger partial charge in [0.15, 0.2) is 0 Å². The second-order valence-corrected chi connectivity index (χ2v) is 6.94. The maximum absolute atomic E-state index is 6.31. The fourth-order valence-electron chi connectivity index (χ4n) is 2.36. The van der Waals surface area contributed by atoms with Gasteiger partial charge in [-0.25, -0.2) is 4.98 Å². The zero-order valence-electron chi connectivity index (χ0n) is 12.9. The zero-order valence-corrected chi connectivity index (χ0v) is 13.7. The summed E-state index contributed by atoms with van der Waals surface area (Å²) >= 11 is 6.31. The van der Waals surface area contributed by atoms with Crippen molar-refractivity contribution in [2.75, 3.05) is 6.61 Å². The van der Waals surface area contributed by atoms with Crippen LogP contribution in [0.1, 0.15) is 45.8 Å². The molecule has 1 atom stereocenters. The molecule has 0 aliphatic heterocycles. The Kier molecular flexibility index (Phi) is 4.28. The first-order valence-corrected chi connectivity index (χ1v) is 7.53. The number of alkyl halides is 1. The number of benzene rings is 1. The van der Waals surface area contributed by atoms with Crippen LogP contribution in [0, 0.1) is 5.41 Å². The molecule has 110 valence electrons. The largest absolute Gasteiger partial charge is 0.492 e. The van der Waals surface area contributed by atoms with E-state index in [9.17, 15) is 0 Å². The van der Waals surface area contributed by atoms with E-state index in [1.165, 1.54) is 0 Å². The Balaban J connectivity index is 2.63. The van der Waals surface area contributed by atoms with Crippen LogP contribution in [-0.4, -0.2) is 16.2 Å². The van der Waals surface area contributed by atoms with Gasteiger partial charge in [0.2, 0.25) is 0 Å². The number of halogens is 1. The number of hydrogen-bond acceptors (Lipinski definition) is 2. The summed E-state index contributed by atoms with van der Waals surface area (Å²) in [6.07, 6.45) is 0. The SMILES string of the molecule is CCOc1cccc2c1nc(C(C)Cl)n2CC(C)(C)C. The summed E-state index contributed by atoms with van der Waals surface area (Å²) in [5.41, 5.74) is 2.16. The molecule has 0 amide bonds. The third-order valence-corrected chi connectivity index (χ3v) is 3.25. The van der Waals surface area contributed by atoms with Gasteiger partial charge in [0.25, 0.3) is 0 Å². The van der Waals surface area contributed by atoms with E-state index in [1.807, 2.05) is 26.0 Å². The Hall–Kier alpha value is -1.22. The van der Waals surface area contributed by atoms with Gasteiger partial charge in [0, 0.05) is 6.54 Å². The number of rotatable bonds is 4. The first-order valence-electron chi connectivity index (χ1n) is 7.09. The van der Waals surface area contributed by atoms with Crippen LogP contribution in [-0.2, 0) is 6.54 Å². The topological polar surface area (TPSA) is 27.1 Å². The van der Waals surface area contributed by atoms with Gasteiger partial charge in [-0.1, -0.05) is 26.8 Å². The van der Waals surface area contributed by atoms with Crippen molar-refractivity contribution in [3.63, 3.8) is 0 Å². The summed E-state index contributed by atoms with van der Waals surface area (Å²) < 4.78 is 7.90. The molecule has 0 spiro atoms. The minimum absolute atomic E-state index is 0.126. The molecule has 1 aromatic heterocycles. The Bertz CT molecular complexity index is 596. The number of aromatic nitrogens is 2. The fraction of sp³-hybridized carbons (Fsp3) is 0.562. The van der Waals surface area contributed by atoms with Crippen molar-refractivity contribution in [3.8, 4) is 5.75 Å². The number of imidazole rings is 1. The molecule has 0 radical (unpaired) electrons. The maximum atomic E-state index is 6.31. The van der Waals surface area contributed by atoms with Crippen molar-refractivity contribution in [2.45, 2.75) is 46.5 Å². The molecular weight excluding hydrogens is 272 g/mol. The lowest BCUT2D eigenvalue weighted by Crippen LogP contribution is -2.17. The van der Waals surface area contributed by atoms with Crippen molar-refractivity contribution in [1.29, 1.82) is 0 Å². The third-order valence-electron chi connectivity index (χ3n) is 3.06. The minimum Gasteiger partial charge on any atom is -0.492 e. The Labute approximate surface area is 125 Å². The van der Waals surface area contributed by atoms with Crippen LogP contribution >= 0.6 is 11.6 Å². The van der Waals surface area contributed by atoms with Gasteiger partial charge in [-0.3, -0.25) is 0 Å². The minimum atomic E-state index is -0.126. The van der Waals surface area contributed by atoms with Gasteiger partial charge in [0.1, 0.15) is 17.1 Å². The molecule has 0 aliphatic rings. The standard InChI is InChI=1S/C16H23ClN2O/c1-6-20-13-9-7-8-12-14(13)18-15(11(2)17)19(12)10-16(3,4)5/h7-9,11H,6,10H2,1-5H3. The van der Waals surface area contributed by atoms with Crippen LogP contribution in [0.3, 0.4) is 0 Å². The molecule has 1 heterocycles. The quantitative estimate of drug-likeness (QED) is 0.759. The Morgan fingerprint density at radius 2 is 2.05 bits per heavy atom. The summed E-state index contributed by atoms with van der Waals surface area (Å²) in [4.78, 5) is 4.72. The number of para-hydroxylation sites is 1. The predicted octanol–water partition coefficient (Wildman–Crippen LogP) is 4.78. The van der Waals surface area contributed by atoms with Crippen LogP contribution in [0.5, 0.6) is 5.75 Å². The van der Waals surface area contributed by atoms with E-state index in [1.54, 1.807) is 0 Å². The van der Waals surface area contributed by atoms with Crippen molar-refractivity contribution in [2.24, 2.45) is 5.41 Å². The molecule has 1 unspecified atom stereocenters. The van der Waals surface area contributed by atoms with Crippen LogP contribution in [0.2, 0.25) is 0 Å². The van der Waals surface area contributed by atoms with Crippen molar-refractivity contribution >= 4 is 22.6 Å². The first kappa shape index (κ1) is 15.2. The molecule has 0 fully saturated rings. The smallest absolute Gasteiger partial charge is 0.147 e. The molecule has 2 aromatic rings. The van der Waals surface area contributed by atoms with Crippen LogP contribution in [0.25, 0.3) is 11.0 Å². The normalized spacial score (nSPS) is 13.7. The predicted molar refractivity (Wildman–Crippen MR) is 84.6 cm³/mol. The van der Waals surface area contributed by atoms with Crippen LogP contribution in [0.15, 0.2) is 18.2 Å². The number of nitrogens with zero attached hydrogens (tertiary/aromatic N) is 2. The fourth-order valence-corrected chi connectivity index (χ4v) is 2.52. The third kappa shape index (κ3) is 3.09. The van der Waals surface area contributed by atoms with E-state index in [0.717, 1.165) is 29.2 Å². The molecule has 4 heteroatoms.